The third-order valence-corrected chi connectivity index (χ3v) is 5.13. The van der Waals surface area contributed by atoms with Gasteiger partial charge in [0.2, 0.25) is 0 Å². The highest BCUT2D eigenvalue weighted by molar-refractivity contribution is 7.80. The second-order valence-corrected chi connectivity index (χ2v) is 7.75. The number of aromatic nitrogens is 4. The van der Waals surface area contributed by atoms with Crippen molar-refractivity contribution in [2.24, 2.45) is 0 Å². The molecule has 28 heavy (non-hydrogen) atoms. The zero-order valence-electron chi connectivity index (χ0n) is 15.7. The van der Waals surface area contributed by atoms with Crippen LogP contribution in [0.5, 0.6) is 0 Å². The van der Waals surface area contributed by atoms with E-state index < -0.39 is 0 Å². The standard InChI is InChI=1S/C19H22Cl2N6S/c1-13-10-14(2)27(24-13)8-3-7-22-19(28)23-18-6-9-26(25-18)12-15-4-5-16(20)17(21)11-15/h4-6,9-11H,3,7-8,12H2,1-2H3,(H2,22,23,25,28). The van der Waals surface area contributed by atoms with Crippen molar-refractivity contribution in [2.45, 2.75) is 33.4 Å². The highest BCUT2D eigenvalue weighted by Gasteiger charge is 2.05. The van der Waals surface area contributed by atoms with Crippen LogP contribution in [0.4, 0.5) is 5.82 Å². The van der Waals surface area contributed by atoms with Gasteiger partial charge in [-0.25, -0.2) is 0 Å². The molecule has 2 heterocycles. The van der Waals surface area contributed by atoms with E-state index in [2.05, 4.69) is 33.8 Å². The SMILES string of the molecule is Cc1cc(C)n(CCCNC(=S)Nc2ccn(Cc3ccc(Cl)c(Cl)c3)n2)n1. The minimum Gasteiger partial charge on any atom is -0.362 e. The topological polar surface area (TPSA) is 59.7 Å². The van der Waals surface area contributed by atoms with Gasteiger partial charge in [0, 0.05) is 31.0 Å². The van der Waals surface area contributed by atoms with Gasteiger partial charge < -0.3 is 10.6 Å². The summed E-state index contributed by atoms with van der Waals surface area (Å²) in [5.74, 6) is 0.691. The minimum absolute atomic E-state index is 0.538. The molecule has 0 spiro atoms. The van der Waals surface area contributed by atoms with E-state index in [0.29, 0.717) is 27.5 Å². The van der Waals surface area contributed by atoms with E-state index >= 15 is 0 Å². The summed E-state index contributed by atoms with van der Waals surface area (Å²) in [4.78, 5) is 0. The van der Waals surface area contributed by atoms with Crippen molar-refractivity contribution in [3.8, 4) is 0 Å². The highest BCUT2D eigenvalue weighted by atomic mass is 35.5. The first-order chi connectivity index (χ1) is 13.4. The van der Waals surface area contributed by atoms with Crippen molar-refractivity contribution in [3.05, 3.63) is 63.5 Å². The molecular weight excluding hydrogens is 415 g/mol. The molecule has 1 aromatic carbocycles. The van der Waals surface area contributed by atoms with Crippen LogP contribution in [0.25, 0.3) is 0 Å². The minimum atomic E-state index is 0.538. The first kappa shape index (κ1) is 20.6. The van der Waals surface area contributed by atoms with E-state index in [1.807, 2.05) is 40.7 Å². The number of hydrogen-bond donors (Lipinski definition) is 2. The second kappa shape index (κ2) is 9.41. The van der Waals surface area contributed by atoms with Crippen molar-refractivity contribution >= 4 is 46.4 Å². The summed E-state index contributed by atoms with van der Waals surface area (Å²) in [6.45, 7) is 6.28. The van der Waals surface area contributed by atoms with Crippen LogP contribution < -0.4 is 10.6 Å². The molecule has 9 heteroatoms. The Morgan fingerprint density at radius 1 is 1.11 bits per heavy atom. The van der Waals surface area contributed by atoms with Crippen LogP contribution in [-0.2, 0) is 13.1 Å². The summed E-state index contributed by atoms with van der Waals surface area (Å²) in [5, 5.41) is 16.9. The molecular formula is C19H22Cl2N6S. The largest absolute Gasteiger partial charge is 0.362 e. The Labute approximate surface area is 179 Å². The normalized spacial score (nSPS) is 10.9. The van der Waals surface area contributed by atoms with E-state index in [1.165, 1.54) is 5.69 Å². The van der Waals surface area contributed by atoms with Crippen molar-refractivity contribution in [3.63, 3.8) is 0 Å². The van der Waals surface area contributed by atoms with E-state index in [9.17, 15) is 0 Å². The summed E-state index contributed by atoms with van der Waals surface area (Å²) < 4.78 is 3.82. The lowest BCUT2D eigenvalue weighted by atomic mass is 10.2. The number of halogens is 2. The molecule has 3 aromatic rings. The Morgan fingerprint density at radius 2 is 1.93 bits per heavy atom. The fraction of sp³-hybridized carbons (Fsp3) is 0.316. The molecule has 2 N–H and O–H groups in total. The number of nitrogens with one attached hydrogen (secondary N) is 2. The molecule has 0 amide bonds. The van der Waals surface area contributed by atoms with Crippen molar-refractivity contribution < 1.29 is 0 Å². The van der Waals surface area contributed by atoms with Gasteiger partial charge in [0.05, 0.1) is 22.3 Å². The zero-order valence-corrected chi connectivity index (χ0v) is 18.1. The molecule has 0 bridgehead atoms. The average Bonchev–Trinajstić information content (AvgIpc) is 3.20. The molecule has 6 nitrogen and oxygen atoms in total. The van der Waals surface area contributed by atoms with E-state index in [1.54, 1.807) is 6.07 Å². The van der Waals surface area contributed by atoms with Crippen LogP contribution in [-0.4, -0.2) is 31.2 Å². The molecule has 2 aromatic heterocycles. The van der Waals surface area contributed by atoms with Crippen molar-refractivity contribution in [1.29, 1.82) is 0 Å². The summed E-state index contributed by atoms with van der Waals surface area (Å²) >= 11 is 17.3. The van der Waals surface area contributed by atoms with Crippen LogP contribution in [0, 0.1) is 13.8 Å². The highest BCUT2D eigenvalue weighted by Crippen LogP contribution is 2.23. The smallest absolute Gasteiger partial charge is 0.171 e. The van der Waals surface area contributed by atoms with Gasteiger partial charge in [-0.2, -0.15) is 10.2 Å². The maximum Gasteiger partial charge on any atom is 0.171 e. The van der Waals surface area contributed by atoms with Gasteiger partial charge in [-0.3, -0.25) is 9.36 Å². The van der Waals surface area contributed by atoms with Gasteiger partial charge in [-0.05, 0) is 56.2 Å². The lowest BCUT2D eigenvalue weighted by Crippen LogP contribution is -2.30. The Balaban J connectivity index is 1.43. The Kier molecular flexibility index (Phi) is 6.93. The van der Waals surface area contributed by atoms with Gasteiger partial charge in [-0.15, -0.1) is 0 Å². The summed E-state index contributed by atoms with van der Waals surface area (Å²) in [7, 11) is 0. The molecule has 3 rings (SSSR count). The van der Waals surface area contributed by atoms with Crippen LogP contribution >= 0.6 is 35.4 Å². The number of aryl methyl sites for hydroxylation is 3. The maximum atomic E-state index is 6.06. The predicted octanol–water partition coefficient (Wildman–Crippen LogP) is 4.43. The molecule has 0 aliphatic rings. The monoisotopic (exact) mass is 436 g/mol. The van der Waals surface area contributed by atoms with Crippen molar-refractivity contribution in [1.82, 2.24) is 24.9 Å². The number of nitrogens with zero attached hydrogens (tertiary/aromatic N) is 4. The number of hydrogen-bond acceptors (Lipinski definition) is 3. The molecule has 0 aliphatic heterocycles. The molecule has 0 aliphatic carbocycles. The number of benzene rings is 1. The Morgan fingerprint density at radius 3 is 2.64 bits per heavy atom. The second-order valence-electron chi connectivity index (χ2n) is 6.53. The van der Waals surface area contributed by atoms with E-state index in [4.69, 9.17) is 35.4 Å². The molecule has 0 saturated heterocycles. The third-order valence-electron chi connectivity index (χ3n) is 4.15. The van der Waals surface area contributed by atoms with E-state index in [0.717, 1.165) is 30.8 Å². The maximum absolute atomic E-state index is 6.06. The fourth-order valence-corrected chi connectivity index (χ4v) is 3.36. The van der Waals surface area contributed by atoms with Gasteiger partial charge in [0.15, 0.2) is 10.9 Å². The van der Waals surface area contributed by atoms with Crippen molar-refractivity contribution in [2.75, 3.05) is 11.9 Å². The van der Waals surface area contributed by atoms with Crippen LogP contribution in [0.1, 0.15) is 23.4 Å². The summed E-state index contributed by atoms with van der Waals surface area (Å²) in [6, 6.07) is 9.51. The Hall–Kier alpha value is -2.09. The molecule has 0 atom stereocenters. The lowest BCUT2D eigenvalue weighted by molar-refractivity contribution is 0.558. The summed E-state index contributed by atoms with van der Waals surface area (Å²) in [6.07, 6.45) is 2.81. The molecule has 0 saturated carbocycles. The quantitative estimate of drug-likeness (QED) is 0.423. The average molecular weight is 437 g/mol. The van der Waals surface area contributed by atoms with Gasteiger partial charge >= 0.3 is 0 Å². The predicted molar refractivity (Wildman–Crippen MR) is 118 cm³/mol. The first-order valence-electron chi connectivity index (χ1n) is 8.94. The molecule has 148 valence electrons. The number of anilines is 1. The first-order valence-corrected chi connectivity index (χ1v) is 10.1. The van der Waals surface area contributed by atoms with Crippen LogP contribution in [0.3, 0.4) is 0 Å². The molecule has 0 radical (unpaired) electrons. The fourth-order valence-electron chi connectivity index (χ4n) is 2.83. The summed E-state index contributed by atoms with van der Waals surface area (Å²) in [5.41, 5.74) is 3.23. The zero-order chi connectivity index (χ0) is 20.1. The third kappa shape index (κ3) is 5.70. The van der Waals surface area contributed by atoms with Gasteiger partial charge in [0.1, 0.15) is 0 Å². The molecule has 0 fully saturated rings. The van der Waals surface area contributed by atoms with Gasteiger partial charge in [-0.1, -0.05) is 29.3 Å². The lowest BCUT2D eigenvalue weighted by Gasteiger charge is -2.09. The number of rotatable bonds is 7. The van der Waals surface area contributed by atoms with Crippen LogP contribution in [0.2, 0.25) is 10.0 Å². The number of thiocarbonyl (C=S) groups is 1. The molecule has 0 unspecified atom stereocenters. The Bertz CT molecular complexity index is 965. The van der Waals surface area contributed by atoms with Gasteiger partial charge in [0.25, 0.3) is 0 Å². The van der Waals surface area contributed by atoms with Crippen LogP contribution in [0.15, 0.2) is 36.5 Å². The van der Waals surface area contributed by atoms with E-state index in [-0.39, 0.29) is 0 Å².